The highest BCUT2D eigenvalue weighted by atomic mass is 19.4. The lowest BCUT2D eigenvalue weighted by molar-refractivity contribution is -0.192. The summed E-state index contributed by atoms with van der Waals surface area (Å²) in [5, 5.41) is 20.7. The fourth-order valence-corrected chi connectivity index (χ4v) is 3.33. The predicted molar refractivity (Wildman–Crippen MR) is 121 cm³/mol. The lowest BCUT2D eigenvalue weighted by Gasteiger charge is -2.31. The summed E-state index contributed by atoms with van der Waals surface area (Å²) in [7, 11) is 0. The van der Waals surface area contributed by atoms with Crippen LogP contribution in [0.2, 0.25) is 0 Å². The van der Waals surface area contributed by atoms with Crippen LogP contribution in [0.5, 0.6) is 0 Å². The molecule has 1 aliphatic rings. The van der Waals surface area contributed by atoms with Crippen LogP contribution in [0.3, 0.4) is 0 Å². The zero-order chi connectivity index (χ0) is 24.6. The highest BCUT2D eigenvalue weighted by Crippen LogP contribution is 2.26. The molecule has 0 spiro atoms. The number of hydrogen-bond acceptors (Lipinski definition) is 5. The second kappa shape index (κ2) is 11.3. The van der Waals surface area contributed by atoms with E-state index in [9.17, 15) is 18.0 Å². The molecule has 2 aromatic carbocycles. The molecule has 4 N–H and O–H groups in total. The Morgan fingerprint density at radius 3 is 2.29 bits per heavy atom. The number of rotatable bonds is 5. The third kappa shape index (κ3) is 7.07. The molecule has 3 aromatic rings. The molecule has 34 heavy (non-hydrogen) atoms. The SMILES string of the molecule is O=C(Nc1ccccc1N1CCNCC1)c1cc(Cc2ccccc2)[nH]n1.O=C(O)C(F)(F)F. The van der Waals surface area contributed by atoms with Gasteiger partial charge >= 0.3 is 12.1 Å². The number of nitrogens with one attached hydrogen (secondary N) is 3. The van der Waals surface area contributed by atoms with Crippen molar-refractivity contribution < 1.29 is 27.9 Å². The smallest absolute Gasteiger partial charge is 0.475 e. The number of aromatic amines is 1. The molecule has 1 saturated heterocycles. The molecule has 1 aromatic heterocycles. The number of H-pyrrole nitrogens is 1. The highest BCUT2D eigenvalue weighted by Gasteiger charge is 2.38. The van der Waals surface area contributed by atoms with Gasteiger partial charge in [0.1, 0.15) is 0 Å². The molecular formula is C23H24F3N5O3. The fraction of sp³-hybridized carbons (Fsp3) is 0.261. The van der Waals surface area contributed by atoms with Gasteiger partial charge in [0, 0.05) is 38.3 Å². The first-order chi connectivity index (χ1) is 16.2. The number of anilines is 2. The quantitative estimate of drug-likeness (QED) is 0.451. The summed E-state index contributed by atoms with van der Waals surface area (Å²) in [5.41, 5.74) is 4.36. The minimum atomic E-state index is -5.08. The normalized spacial score (nSPS) is 13.6. The zero-order valence-electron chi connectivity index (χ0n) is 18.1. The third-order valence-corrected chi connectivity index (χ3v) is 4.95. The number of piperazine rings is 1. The number of carbonyl (C=O) groups excluding carboxylic acids is 1. The van der Waals surface area contributed by atoms with E-state index in [2.05, 4.69) is 37.9 Å². The summed E-state index contributed by atoms with van der Waals surface area (Å²) in [5.74, 6) is -2.96. The third-order valence-electron chi connectivity index (χ3n) is 4.95. The molecule has 0 bridgehead atoms. The van der Waals surface area contributed by atoms with Crippen LogP contribution in [0.1, 0.15) is 21.7 Å². The van der Waals surface area contributed by atoms with Crippen molar-refractivity contribution in [2.24, 2.45) is 0 Å². The van der Waals surface area contributed by atoms with Crippen molar-refractivity contribution in [1.82, 2.24) is 15.5 Å². The van der Waals surface area contributed by atoms with E-state index in [1.807, 2.05) is 48.5 Å². The van der Waals surface area contributed by atoms with Crippen LogP contribution in [0.4, 0.5) is 24.5 Å². The maximum absolute atomic E-state index is 12.7. The molecule has 8 nitrogen and oxygen atoms in total. The molecule has 0 saturated carbocycles. The lowest BCUT2D eigenvalue weighted by atomic mass is 10.1. The van der Waals surface area contributed by atoms with Gasteiger partial charge in [-0.1, -0.05) is 42.5 Å². The molecule has 0 radical (unpaired) electrons. The molecule has 0 aliphatic carbocycles. The maximum atomic E-state index is 12.7. The first-order valence-corrected chi connectivity index (χ1v) is 10.5. The number of aliphatic carboxylic acids is 1. The lowest BCUT2D eigenvalue weighted by Crippen LogP contribution is -2.43. The average molecular weight is 475 g/mol. The summed E-state index contributed by atoms with van der Waals surface area (Å²) >= 11 is 0. The second-order valence-electron chi connectivity index (χ2n) is 7.45. The number of carboxylic acids is 1. The van der Waals surface area contributed by atoms with Gasteiger partial charge in [0.05, 0.1) is 11.4 Å². The van der Waals surface area contributed by atoms with Crippen LogP contribution < -0.4 is 15.5 Å². The van der Waals surface area contributed by atoms with Crippen LogP contribution in [-0.2, 0) is 11.2 Å². The molecule has 1 fully saturated rings. The molecule has 0 atom stereocenters. The van der Waals surface area contributed by atoms with Gasteiger partial charge in [-0.2, -0.15) is 18.3 Å². The largest absolute Gasteiger partial charge is 0.490 e. The summed E-state index contributed by atoms with van der Waals surface area (Å²) in [4.78, 5) is 23.9. The van der Waals surface area contributed by atoms with Crippen molar-refractivity contribution in [2.75, 3.05) is 36.4 Å². The number of para-hydroxylation sites is 2. The van der Waals surface area contributed by atoms with Crippen LogP contribution >= 0.6 is 0 Å². The Kier molecular flexibility index (Phi) is 8.25. The number of amides is 1. The molecule has 1 amide bonds. The fourth-order valence-electron chi connectivity index (χ4n) is 3.33. The molecule has 2 heterocycles. The van der Waals surface area contributed by atoms with Crippen molar-refractivity contribution in [3.63, 3.8) is 0 Å². The summed E-state index contributed by atoms with van der Waals surface area (Å²) in [6, 6.07) is 19.9. The van der Waals surface area contributed by atoms with Crippen LogP contribution in [0.15, 0.2) is 60.7 Å². The zero-order valence-corrected chi connectivity index (χ0v) is 18.1. The van der Waals surface area contributed by atoms with Gasteiger partial charge in [-0.25, -0.2) is 4.79 Å². The van der Waals surface area contributed by atoms with E-state index >= 15 is 0 Å². The van der Waals surface area contributed by atoms with Crippen molar-refractivity contribution in [3.8, 4) is 0 Å². The Bertz CT molecular complexity index is 1100. The van der Waals surface area contributed by atoms with E-state index in [1.54, 1.807) is 0 Å². The van der Waals surface area contributed by atoms with Gasteiger partial charge in [-0.05, 0) is 23.8 Å². The number of carbonyl (C=O) groups is 2. The van der Waals surface area contributed by atoms with Crippen molar-refractivity contribution in [1.29, 1.82) is 0 Å². The number of halogens is 3. The first kappa shape index (κ1) is 24.8. The number of nitrogens with zero attached hydrogens (tertiary/aromatic N) is 2. The Morgan fingerprint density at radius 1 is 1.03 bits per heavy atom. The maximum Gasteiger partial charge on any atom is 0.490 e. The van der Waals surface area contributed by atoms with E-state index in [0.717, 1.165) is 49.7 Å². The van der Waals surface area contributed by atoms with Crippen LogP contribution in [0.25, 0.3) is 0 Å². The van der Waals surface area contributed by atoms with Crippen molar-refractivity contribution in [2.45, 2.75) is 12.6 Å². The Balaban J connectivity index is 0.000000406. The Hall–Kier alpha value is -3.86. The monoisotopic (exact) mass is 475 g/mol. The number of hydrogen-bond donors (Lipinski definition) is 4. The minimum Gasteiger partial charge on any atom is -0.475 e. The standard InChI is InChI=1S/C21H23N5O.C2HF3O2/c27-21(19-15-17(24-25-19)14-16-6-2-1-3-7-16)23-18-8-4-5-9-20(18)26-12-10-22-11-13-26;3-2(4,5)1(6)7/h1-9,15,22H,10-14H2,(H,23,27)(H,24,25);(H,6,7). The molecule has 1 aliphatic heterocycles. The van der Waals surface area contributed by atoms with Crippen molar-refractivity contribution >= 4 is 23.3 Å². The number of carboxylic acid groups (broad SMARTS) is 1. The van der Waals surface area contributed by atoms with E-state index in [0.29, 0.717) is 5.69 Å². The Morgan fingerprint density at radius 2 is 1.65 bits per heavy atom. The van der Waals surface area contributed by atoms with E-state index in [-0.39, 0.29) is 5.91 Å². The molecule has 4 rings (SSSR count). The first-order valence-electron chi connectivity index (χ1n) is 10.5. The van der Waals surface area contributed by atoms with Gasteiger partial charge < -0.3 is 20.6 Å². The van der Waals surface area contributed by atoms with Gasteiger partial charge in [0.15, 0.2) is 5.69 Å². The van der Waals surface area contributed by atoms with Crippen LogP contribution in [-0.4, -0.2) is 59.5 Å². The van der Waals surface area contributed by atoms with Gasteiger partial charge in [0.2, 0.25) is 0 Å². The van der Waals surface area contributed by atoms with E-state index < -0.39 is 12.1 Å². The van der Waals surface area contributed by atoms with E-state index in [4.69, 9.17) is 9.90 Å². The van der Waals surface area contributed by atoms with Gasteiger partial charge in [-0.15, -0.1) is 0 Å². The van der Waals surface area contributed by atoms with E-state index in [1.165, 1.54) is 5.56 Å². The number of benzene rings is 2. The minimum absolute atomic E-state index is 0.201. The summed E-state index contributed by atoms with van der Waals surface area (Å²) in [6.45, 7) is 3.75. The summed E-state index contributed by atoms with van der Waals surface area (Å²) < 4.78 is 31.7. The summed E-state index contributed by atoms with van der Waals surface area (Å²) in [6.07, 6.45) is -4.36. The van der Waals surface area contributed by atoms with Crippen molar-refractivity contribution in [3.05, 3.63) is 77.6 Å². The molecule has 11 heteroatoms. The molecule has 180 valence electrons. The van der Waals surface area contributed by atoms with Gasteiger partial charge in [-0.3, -0.25) is 9.89 Å². The number of aromatic nitrogens is 2. The predicted octanol–water partition coefficient (Wildman–Crippen LogP) is 3.30. The number of alkyl halides is 3. The Labute approximate surface area is 193 Å². The second-order valence-corrected chi connectivity index (χ2v) is 7.45. The highest BCUT2D eigenvalue weighted by molar-refractivity contribution is 6.04. The molecular weight excluding hydrogens is 451 g/mol. The average Bonchev–Trinajstić information content (AvgIpc) is 3.29. The van der Waals surface area contributed by atoms with Gasteiger partial charge in [0.25, 0.3) is 5.91 Å². The topological polar surface area (TPSA) is 110 Å². The van der Waals surface area contributed by atoms with Crippen LogP contribution in [0, 0.1) is 0 Å². The molecule has 0 unspecified atom stereocenters.